The average Bonchev–Trinajstić information content (AvgIpc) is 2.30. The van der Waals surface area contributed by atoms with Gasteiger partial charge in [0.2, 0.25) is 0 Å². The smallest absolute Gasteiger partial charge is 0.305 e. The molecule has 0 saturated heterocycles. The molecular formula is C13H16ClFO2. The second-order valence-corrected chi connectivity index (χ2v) is 4.35. The first kappa shape index (κ1) is 14.0. The normalized spacial score (nSPS) is 12.2. The number of halogens is 2. The highest BCUT2D eigenvalue weighted by Crippen LogP contribution is 2.27. The molecule has 4 heteroatoms. The van der Waals surface area contributed by atoms with E-state index in [1.807, 2.05) is 0 Å². The summed E-state index contributed by atoms with van der Waals surface area (Å²) in [5, 5.41) is -0.366. The molecule has 2 nitrogen and oxygen atoms in total. The van der Waals surface area contributed by atoms with E-state index in [-0.39, 0.29) is 23.6 Å². The van der Waals surface area contributed by atoms with Gasteiger partial charge in [0, 0.05) is 6.42 Å². The molecule has 0 aliphatic rings. The Hall–Kier alpha value is -1.09. The van der Waals surface area contributed by atoms with E-state index in [1.165, 1.54) is 6.07 Å². The van der Waals surface area contributed by atoms with E-state index < -0.39 is 0 Å². The lowest BCUT2D eigenvalue weighted by atomic mass is 10.1. The molecular weight excluding hydrogens is 243 g/mol. The van der Waals surface area contributed by atoms with Gasteiger partial charge in [-0.15, -0.1) is 11.6 Å². The number of alkyl halides is 1. The van der Waals surface area contributed by atoms with E-state index in [9.17, 15) is 9.18 Å². The van der Waals surface area contributed by atoms with Crippen LogP contribution in [-0.2, 0) is 9.53 Å². The molecule has 17 heavy (non-hydrogen) atoms. The summed E-state index contributed by atoms with van der Waals surface area (Å²) < 4.78 is 18.1. The quantitative estimate of drug-likeness (QED) is 0.594. The summed E-state index contributed by atoms with van der Waals surface area (Å²) in [6.45, 7) is 3.82. The first-order valence-corrected chi connectivity index (χ1v) is 6.04. The van der Waals surface area contributed by atoms with Crippen molar-refractivity contribution in [3.8, 4) is 0 Å². The van der Waals surface area contributed by atoms with Crippen LogP contribution >= 0.6 is 11.6 Å². The fourth-order valence-corrected chi connectivity index (χ4v) is 1.69. The molecule has 0 radical (unpaired) electrons. The summed E-state index contributed by atoms with van der Waals surface area (Å²) in [4.78, 5) is 11.1. The molecule has 0 fully saturated rings. The van der Waals surface area contributed by atoms with Gasteiger partial charge in [-0.2, -0.15) is 0 Å². The Bertz CT molecular complexity index is 393. The Balaban J connectivity index is 2.54. The number of hydrogen-bond donors (Lipinski definition) is 0. The maximum absolute atomic E-state index is 13.3. The van der Waals surface area contributed by atoms with Gasteiger partial charge in [-0.3, -0.25) is 4.79 Å². The number of carbonyl (C=O) groups excluding carboxylic acids is 1. The lowest BCUT2D eigenvalue weighted by molar-refractivity contribution is -0.143. The second-order valence-electron chi connectivity index (χ2n) is 3.82. The van der Waals surface area contributed by atoms with Crippen LogP contribution in [0.1, 0.15) is 36.3 Å². The Labute approximate surface area is 106 Å². The lowest BCUT2D eigenvalue weighted by Gasteiger charge is -2.10. The van der Waals surface area contributed by atoms with Crippen molar-refractivity contribution < 1.29 is 13.9 Å². The maximum atomic E-state index is 13.3. The molecule has 0 aliphatic heterocycles. The van der Waals surface area contributed by atoms with Crippen LogP contribution in [0.2, 0.25) is 0 Å². The molecule has 1 unspecified atom stereocenters. The highest BCUT2D eigenvalue weighted by Gasteiger charge is 2.12. The van der Waals surface area contributed by atoms with Gasteiger partial charge in [0.1, 0.15) is 5.82 Å². The number of ether oxygens (including phenoxy) is 1. The van der Waals surface area contributed by atoms with Gasteiger partial charge in [0.05, 0.1) is 12.0 Å². The topological polar surface area (TPSA) is 26.3 Å². The Morgan fingerprint density at radius 2 is 2.24 bits per heavy atom. The van der Waals surface area contributed by atoms with Crippen molar-refractivity contribution in [1.29, 1.82) is 0 Å². The molecule has 1 atom stereocenters. The van der Waals surface area contributed by atoms with E-state index in [4.69, 9.17) is 16.3 Å². The van der Waals surface area contributed by atoms with Gasteiger partial charge < -0.3 is 4.74 Å². The number of benzene rings is 1. The van der Waals surface area contributed by atoms with E-state index in [0.717, 1.165) is 0 Å². The average molecular weight is 259 g/mol. The third-order valence-electron chi connectivity index (χ3n) is 2.46. The number of carbonyl (C=O) groups is 1. The molecule has 0 aromatic heterocycles. The first-order valence-electron chi connectivity index (χ1n) is 5.60. The van der Waals surface area contributed by atoms with Crippen LogP contribution in [0.25, 0.3) is 0 Å². The molecule has 0 N–H and O–H groups in total. The Morgan fingerprint density at radius 3 is 2.82 bits per heavy atom. The minimum atomic E-state index is -0.366. The largest absolute Gasteiger partial charge is 0.466 e. The molecule has 94 valence electrons. The zero-order chi connectivity index (χ0) is 12.8. The van der Waals surface area contributed by atoms with Gasteiger partial charge in [-0.05, 0) is 37.5 Å². The van der Waals surface area contributed by atoms with Crippen molar-refractivity contribution in [2.24, 2.45) is 0 Å². The molecule has 0 bridgehead atoms. The second kappa shape index (κ2) is 6.60. The molecule has 0 amide bonds. The van der Waals surface area contributed by atoms with Crippen molar-refractivity contribution in [2.75, 3.05) is 6.61 Å². The van der Waals surface area contributed by atoms with Gasteiger partial charge in [-0.1, -0.05) is 12.1 Å². The van der Waals surface area contributed by atoms with Gasteiger partial charge >= 0.3 is 5.97 Å². The minimum Gasteiger partial charge on any atom is -0.466 e. The fourth-order valence-electron chi connectivity index (χ4n) is 1.45. The first-order chi connectivity index (χ1) is 8.04. The Morgan fingerprint density at radius 1 is 1.53 bits per heavy atom. The van der Waals surface area contributed by atoms with Crippen LogP contribution in [0.3, 0.4) is 0 Å². The number of hydrogen-bond acceptors (Lipinski definition) is 2. The predicted octanol–water partition coefficient (Wildman–Crippen LogP) is 3.76. The zero-order valence-corrected chi connectivity index (χ0v) is 10.8. The third kappa shape index (κ3) is 4.35. The highest BCUT2D eigenvalue weighted by molar-refractivity contribution is 6.20. The zero-order valence-electron chi connectivity index (χ0n) is 10.0. The summed E-state index contributed by atoms with van der Waals surface area (Å²) in [5.41, 5.74) is 1.28. The maximum Gasteiger partial charge on any atom is 0.305 e. The van der Waals surface area contributed by atoms with E-state index in [0.29, 0.717) is 24.2 Å². The monoisotopic (exact) mass is 258 g/mol. The summed E-state index contributed by atoms with van der Waals surface area (Å²) in [7, 11) is 0. The van der Waals surface area contributed by atoms with Crippen molar-refractivity contribution in [2.45, 2.75) is 32.1 Å². The molecule has 0 saturated carbocycles. The van der Waals surface area contributed by atoms with E-state index in [2.05, 4.69) is 0 Å². The van der Waals surface area contributed by atoms with Crippen LogP contribution in [-0.4, -0.2) is 12.6 Å². The van der Waals surface area contributed by atoms with Gasteiger partial charge in [0.25, 0.3) is 0 Å². The van der Waals surface area contributed by atoms with Gasteiger partial charge in [-0.25, -0.2) is 4.39 Å². The van der Waals surface area contributed by atoms with Crippen molar-refractivity contribution in [1.82, 2.24) is 0 Å². The van der Waals surface area contributed by atoms with Crippen LogP contribution in [0.15, 0.2) is 18.2 Å². The van der Waals surface area contributed by atoms with E-state index in [1.54, 1.807) is 26.0 Å². The summed E-state index contributed by atoms with van der Waals surface area (Å²) in [6.07, 6.45) is 0.695. The van der Waals surface area contributed by atoms with Crippen LogP contribution < -0.4 is 0 Å². The van der Waals surface area contributed by atoms with Crippen LogP contribution in [0, 0.1) is 12.7 Å². The minimum absolute atomic E-state index is 0.248. The predicted molar refractivity (Wildman–Crippen MR) is 65.6 cm³/mol. The molecule has 1 rings (SSSR count). The SMILES string of the molecule is CCOC(=O)CCC(Cl)c1ccc(C)c(F)c1. The number of esters is 1. The van der Waals surface area contributed by atoms with E-state index >= 15 is 0 Å². The van der Waals surface area contributed by atoms with Crippen molar-refractivity contribution in [3.05, 3.63) is 35.1 Å². The molecule has 0 spiro atoms. The molecule has 0 aliphatic carbocycles. The third-order valence-corrected chi connectivity index (χ3v) is 2.94. The molecule has 1 aromatic rings. The highest BCUT2D eigenvalue weighted by atomic mass is 35.5. The van der Waals surface area contributed by atoms with Gasteiger partial charge in [0.15, 0.2) is 0 Å². The number of aryl methyl sites for hydroxylation is 1. The fraction of sp³-hybridized carbons (Fsp3) is 0.462. The molecule has 1 aromatic carbocycles. The van der Waals surface area contributed by atoms with Crippen LogP contribution in [0.5, 0.6) is 0 Å². The number of rotatable bonds is 5. The summed E-state index contributed by atoms with van der Waals surface area (Å²) in [5.74, 6) is -0.546. The van der Waals surface area contributed by atoms with Crippen LogP contribution in [0.4, 0.5) is 4.39 Å². The Kier molecular flexibility index (Phi) is 5.42. The van der Waals surface area contributed by atoms with Crippen molar-refractivity contribution >= 4 is 17.6 Å². The summed E-state index contributed by atoms with van der Waals surface area (Å²) in [6, 6.07) is 4.88. The lowest BCUT2D eigenvalue weighted by Crippen LogP contribution is -2.05. The summed E-state index contributed by atoms with van der Waals surface area (Å²) >= 11 is 6.10. The standard InChI is InChI=1S/C13H16ClFO2/c1-3-17-13(16)7-6-11(14)10-5-4-9(2)12(15)8-10/h4-5,8,11H,3,6-7H2,1-2H3. The molecule has 0 heterocycles. The van der Waals surface area contributed by atoms with Crippen molar-refractivity contribution in [3.63, 3.8) is 0 Å².